The van der Waals surface area contributed by atoms with Crippen LogP contribution in [0.15, 0.2) is 72.1 Å². The largest absolute Gasteiger partial charge is 0.302 e. The van der Waals surface area contributed by atoms with Crippen LogP contribution in [0.1, 0.15) is 18.1 Å². The molecule has 4 aromatic rings. The fourth-order valence-electron chi connectivity index (χ4n) is 2.99. The number of rotatable bonds is 6. The highest BCUT2D eigenvalue weighted by atomic mass is 32.2. The van der Waals surface area contributed by atoms with E-state index in [-0.39, 0.29) is 0 Å². The van der Waals surface area contributed by atoms with Crippen LogP contribution in [0.4, 0.5) is 0 Å². The Hall–Kier alpha value is -2.86. The predicted octanol–water partition coefficient (Wildman–Crippen LogP) is 4.75. The molecule has 0 amide bonds. The average molecular weight is 376 g/mol. The Morgan fingerprint density at radius 2 is 1.85 bits per heavy atom. The summed E-state index contributed by atoms with van der Waals surface area (Å²) in [5, 5.41) is 14.1. The van der Waals surface area contributed by atoms with Crippen molar-refractivity contribution in [3.63, 3.8) is 0 Å². The first-order chi connectivity index (χ1) is 13.2. The minimum Gasteiger partial charge on any atom is -0.302 e. The highest BCUT2D eigenvalue weighted by molar-refractivity contribution is 7.98. The zero-order valence-electron chi connectivity index (χ0n) is 15.4. The summed E-state index contributed by atoms with van der Waals surface area (Å²) in [5.41, 5.74) is 4.65. The van der Waals surface area contributed by atoms with Gasteiger partial charge in [-0.2, -0.15) is 5.10 Å². The van der Waals surface area contributed by atoms with Gasteiger partial charge in [-0.05, 0) is 43.7 Å². The molecule has 2 heterocycles. The van der Waals surface area contributed by atoms with E-state index < -0.39 is 0 Å². The molecule has 0 spiro atoms. The predicted molar refractivity (Wildman–Crippen MR) is 109 cm³/mol. The lowest BCUT2D eigenvalue weighted by atomic mass is 10.1. The van der Waals surface area contributed by atoms with Crippen LogP contribution >= 0.6 is 11.8 Å². The zero-order chi connectivity index (χ0) is 18.6. The van der Waals surface area contributed by atoms with Gasteiger partial charge in [0, 0.05) is 30.3 Å². The Balaban J connectivity index is 1.50. The van der Waals surface area contributed by atoms with E-state index in [0.717, 1.165) is 34.5 Å². The minimum atomic E-state index is 0.844. The summed E-state index contributed by atoms with van der Waals surface area (Å²) < 4.78 is 4.04. The monoisotopic (exact) mass is 375 g/mol. The molecule has 6 heteroatoms. The third-order valence-corrected chi connectivity index (χ3v) is 5.42. The molecule has 136 valence electrons. The van der Waals surface area contributed by atoms with Crippen LogP contribution in [0.3, 0.4) is 0 Å². The fourth-order valence-corrected chi connectivity index (χ4v) is 3.95. The first-order valence-electron chi connectivity index (χ1n) is 8.96. The van der Waals surface area contributed by atoms with Crippen LogP contribution in [0, 0.1) is 6.92 Å². The Kier molecular flexibility index (Phi) is 5.07. The average Bonchev–Trinajstić information content (AvgIpc) is 3.36. The van der Waals surface area contributed by atoms with Gasteiger partial charge >= 0.3 is 0 Å². The molecule has 0 aliphatic rings. The maximum absolute atomic E-state index is 4.44. The molecule has 0 saturated carbocycles. The van der Waals surface area contributed by atoms with Crippen LogP contribution in [-0.2, 0) is 12.3 Å². The number of hydrogen-bond donors (Lipinski definition) is 0. The van der Waals surface area contributed by atoms with Crippen molar-refractivity contribution >= 4 is 11.8 Å². The molecule has 0 N–H and O–H groups in total. The van der Waals surface area contributed by atoms with Gasteiger partial charge in [0.2, 0.25) is 0 Å². The van der Waals surface area contributed by atoms with E-state index in [2.05, 4.69) is 82.2 Å². The van der Waals surface area contributed by atoms with Gasteiger partial charge in [0.15, 0.2) is 11.0 Å². The number of benzene rings is 2. The number of hydrogen-bond acceptors (Lipinski definition) is 4. The molecule has 0 atom stereocenters. The van der Waals surface area contributed by atoms with Gasteiger partial charge in [-0.3, -0.25) is 0 Å². The molecule has 0 aliphatic carbocycles. The van der Waals surface area contributed by atoms with Crippen molar-refractivity contribution in [1.29, 1.82) is 0 Å². The Labute approximate surface area is 163 Å². The summed E-state index contributed by atoms with van der Waals surface area (Å²) in [4.78, 5) is 0. The quantitative estimate of drug-likeness (QED) is 0.456. The molecule has 27 heavy (non-hydrogen) atoms. The van der Waals surface area contributed by atoms with Gasteiger partial charge in [-0.1, -0.05) is 47.7 Å². The van der Waals surface area contributed by atoms with Crippen molar-refractivity contribution in [2.24, 2.45) is 0 Å². The second kappa shape index (κ2) is 7.80. The minimum absolute atomic E-state index is 0.844. The molecule has 2 aromatic heterocycles. The molecule has 0 bridgehead atoms. The van der Waals surface area contributed by atoms with E-state index in [1.807, 2.05) is 16.9 Å². The summed E-state index contributed by atoms with van der Waals surface area (Å²) in [7, 11) is 0. The molecule has 0 radical (unpaired) electrons. The maximum Gasteiger partial charge on any atom is 0.191 e. The van der Waals surface area contributed by atoms with Crippen molar-refractivity contribution in [2.45, 2.75) is 31.3 Å². The smallest absolute Gasteiger partial charge is 0.191 e. The third-order valence-electron chi connectivity index (χ3n) is 4.38. The summed E-state index contributed by atoms with van der Waals surface area (Å²) >= 11 is 1.71. The van der Waals surface area contributed by atoms with Gasteiger partial charge in [0.1, 0.15) is 0 Å². The van der Waals surface area contributed by atoms with Crippen molar-refractivity contribution in [1.82, 2.24) is 24.5 Å². The second-order valence-corrected chi connectivity index (χ2v) is 7.27. The van der Waals surface area contributed by atoms with Crippen LogP contribution in [0.2, 0.25) is 0 Å². The van der Waals surface area contributed by atoms with E-state index >= 15 is 0 Å². The van der Waals surface area contributed by atoms with E-state index in [1.165, 1.54) is 11.1 Å². The number of thioether (sulfide) groups is 1. The molecule has 0 aliphatic heterocycles. The lowest BCUT2D eigenvalue weighted by molar-refractivity contribution is 0.687. The molecular weight excluding hydrogens is 354 g/mol. The highest BCUT2D eigenvalue weighted by Gasteiger charge is 2.13. The highest BCUT2D eigenvalue weighted by Crippen LogP contribution is 2.27. The molecule has 0 saturated heterocycles. The summed E-state index contributed by atoms with van der Waals surface area (Å²) in [6.45, 7) is 5.07. The second-order valence-electron chi connectivity index (χ2n) is 6.33. The van der Waals surface area contributed by atoms with Gasteiger partial charge in [-0.15, -0.1) is 10.2 Å². The lowest BCUT2D eigenvalue weighted by Crippen LogP contribution is -2.00. The SMILES string of the molecule is CCn1c(SCc2ccc(-n3cccn3)cc2)nnc1-c1cccc(C)c1. The standard InChI is InChI=1S/C21H21N5S/c1-3-25-20(18-7-4-6-16(2)14-18)23-24-21(25)27-15-17-8-10-19(11-9-17)26-13-5-12-22-26/h4-14H,3,15H2,1-2H3. The number of nitrogens with zero attached hydrogens (tertiary/aromatic N) is 5. The topological polar surface area (TPSA) is 48.5 Å². The van der Waals surface area contributed by atoms with Crippen molar-refractivity contribution in [3.05, 3.63) is 78.1 Å². The molecule has 5 nitrogen and oxygen atoms in total. The summed E-state index contributed by atoms with van der Waals surface area (Å²) in [6.07, 6.45) is 3.73. The Morgan fingerprint density at radius 1 is 1.00 bits per heavy atom. The van der Waals surface area contributed by atoms with Gasteiger partial charge < -0.3 is 4.57 Å². The van der Waals surface area contributed by atoms with E-state index in [0.29, 0.717) is 0 Å². The van der Waals surface area contributed by atoms with Gasteiger partial charge in [0.05, 0.1) is 5.69 Å². The summed E-state index contributed by atoms with van der Waals surface area (Å²) in [6, 6.07) is 18.8. The molecule has 4 rings (SSSR count). The van der Waals surface area contributed by atoms with E-state index in [1.54, 1.807) is 18.0 Å². The third kappa shape index (κ3) is 3.80. The normalized spacial score (nSPS) is 11.0. The van der Waals surface area contributed by atoms with E-state index in [9.17, 15) is 0 Å². The van der Waals surface area contributed by atoms with Crippen LogP contribution in [0.25, 0.3) is 17.1 Å². The van der Waals surface area contributed by atoms with Crippen LogP contribution < -0.4 is 0 Å². The first-order valence-corrected chi connectivity index (χ1v) is 9.95. The Bertz CT molecular complexity index is 1020. The lowest BCUT2D eigenvalue weighted by Gasteiger charge is -2.08. The first kappa shape index (κ1) is 17.5. The fraction of sp³-hybridized carbons (Fsp3) is 0.190. The van der Waals surface area contributed by atoms with Crippen LogP contribution in [0.5, 0.6) is 0 Å². The van der Waals surface area contributed by atoms with Crippen molar-refractivity contribution < 1.29 is 0 Å². The van der Waals surface area contributed by atoms with Gasteiger partial charge in [-0.25, -0.2) is 4.68 Å². The van der Waals surface area contributed by atoms with Crippen LogP contribution in [-0.4, -0.2) is 24.5 Å². The van der Waals surface area contributed by atoms with Gasteiger partial charge in [0.25, 0.3) is 0 Å². The molecule has 0 unspecified atom stereocenters. The van der Waals surface area contributed by atoms with E-state index in [4.69, 9.17) is 0 Å². The molecular formula is C21H21N5S. The Morgan fingerprint density at radius 3 is 2.56 bits per heavy atom. The number of aromatic nitrogens is 5. The maximum atomic E-state index is 4.44. The van der Waals surface area contributed by atoms with Crippen molar-refractivity contribution in [3.8, 4) is 17.1 Å². The number of aryl methyl sites for hydroxylation is 1. The molecule has 2 aromatic carbocycles. The zero-order valence-corrected chi connectivity index (χ0v) is 16.2. The summed E-state index contributed by atoms with van der Waals surface area (Å²) in [5.74, 6) is 1.78. The molecule has 0 fully saturated rings. The van der Waals surface area contributed by atoms with Crippen molar-refractivity contribution in [2.75, 3.05) is 0 Å².